The highest BCUT2D eigenvalue weighted by Crippen LogP contribution is 2.21. The molecule has 2 heterocycles. The van der Waals surface area contributed by atoms with Gasteiger partial charge in [-0.1, -0.05) is 0 Å². The average molecular weight is 190 g/mol. The van der Waals surface area contributed by atoms with E-state index >= 15 is 0 Å². The molecule has 2 N–H and O–H groups in total. The van der Waals surface area contributed by atoms with Gasteiger partial charge in [0.1, 0.15) is 5.52 Å². The number of nitro groups is 1. The lowest BCUT2D eigenvalue weighted by Gasteiger charge is -1.97. The first-order valence-electron chi connectivity index (χ1n) is 3.84. The van der Waals surface area contributed by atoms with Crippen molar-refractivity contribution >= 4 is 22.5 Å². The fraction of sp³-hybridized carbons (Fsp3) is 0. The second kappa shape index (κ2) is 2.91. The Morgan fingerprint density at radius 3 is 3.00 bits per heavy atom. The summed E-state index contributed by atoms with van der Waals surface area (Å²) >= 11 is 0. The van der Waals surface area contributed by atoms with Crippen molar-refractivity contribution in [1.29, 1.82) is 0 Å². The number of nitrogen functional groups attached to an aromatic ring is 1. The average Bonchev–Trinajstić information content (AvgIpc) is 2.17. The lowest BCUT2D eigenvalue weighted by Crippen LogP contribution is -1.97. The summed E-state index contributed by atoms with van der Waals surface area (Å²) in [4.78, 5) is 17.6. The van der Waals surface area contributed by atoms with Crippen molar-refractivity contribution < 1.29 is 4.92 Å². The second-order valence-electron chi connectivity index (χ2n) is 2.70. The molecular weight excluding hydrogens is 184 g/mol. The summed E-state index contributed by atoms with van der Waals surface area (Å²) in [5, 5.41) is 10.5. The van der Waals surface area contributed by atoms with Crippen molar-refractivity contribution in [2.75, 3.05) is 5.73 Å². The van der Waals surface area contributed by atoms with Gasteiger partial charge in [0.15, 0.2) is 0 Å². The van der Waals surface area contributed by atoms with E-state index in [2.05, 4.69) is 9.97 Å². The van der Waals surface area contributed by atoms with Crippen LogP contribution in [0.1, 0.15) is 0 Å². The lowest BCUT2D eigenvalue weighted by atomic mass is 10.3. The van der Waals surface area contributed by atoms with Gasteiger partial charge in [0.25, 0.3) is 0 Å². The van der Waals surface area contributed by atoms with Gasteiger partial charge < -0.3 is 15.8 Å². The summed E-state index contributed by atoms with van der Waals surface area (Å²) in [5.41, 5.74) is 6.77. The molecule has 0 amide bonds. The number of nitrogens with zero attached hydrogens (tertiary/aromatic N) is 3. The second-order valence-corrected chi connectivity index (χ2v) is 2.70. The summed E-state index contributed by atoms with van der Waals surface area (Å²) in [7, 11) is 0. The molecule has 0 aliphatic heterocycles. The van der Waals surface area contributed by atoms with Crippen LogP contribution in [0.5, 0.6) is 0 Å². The van der Waals surface area contributed by atoms with E-state index in [0.717, 1.165) is 0 Å². The minimum atomic E-state index is -0.581. The summed E-state index contributed by atoms with van der Waals surface area (Å²) < 4.78 is 0. The fourth-order valence-electron chi connectivity index (χ4n) is 1.17. The van der Waals surface area contributed by atoms with E-state index < -0.39 is 4.92 Å². The van der Waals surface area contributed by atoms with Crippen molar-refractivity contribution in [2.45, 2.75) is 0 Å². The van der Waals surface area contributed by atoms with Crippen LogP contribution in [0.15, 0.2) is 24.4 Å². The van der Waals surface area contributed by atoms with Crippen LogP contribution in [0.25, 0.3) is 11.0 Å². The summed E-state index contributed by atoms with van der Waals surface area (Å²) in [6, 6.07) is 4.49. The lowest BCUT2D eigenvalue weighted by molar-refractivity contribution is -0.389. The standard InChI is InChI=1S/C8H6N4O2/c9-5-4-7(12(13)14)11-6-2-1-3-10-8(5)6/h1-4H,(H2,9,11). The fourth-order valence-corrected chi connectivity index (χ4v) is 1.17. The molecular formula is C8H6N4O2. The van der Waals surface area contributed by atoms with Crippen LogP contribution in [-0.2, 0) is 0 Å². The number of fused-ring (bicyclic) bond motifs is 1. The highest BCUT2D eigenvalue weighted by atomic mass is 16.6. The first-order valence-corrected chi connectivity index (χ1v) is 3.84. The number of anilines is 1. The summed E-state index contributed by atoms with van der Waals surface area (Å²) in [5.74, 6) is -0.261. The molecule has 0 aromatic carbocycles. The Kier molecular flexibility index (Phi) is 1.74. The molecule has 14 heavy (non-hydrogen) atoms. The van der Waals surface area contributed by atoms with Gasteiger partial charge >= 0.3 is 5.82 Å². The Morgan fingerprint density at radius 1 is 1.50 bits per heavy atom. The third-order valence-electron chi connectivity index (χ3n) is 1.77. The largest absolute Gasteiger partial charge is 0.397 e. The van der Waals surface area contributed by atoms with Gasteiger partial charge in [0.05, 0.1) is 11.8 Å². The topological polar surface area (TPSA) is 94.9 Å². The van der Waals surface area contributed by atoms with Crippen LogP contribution in [-0.4, -0.2) is 14.9 Å². The molecule has 6 nitrogen and oxygen atoms in total. The van der Waals surface area contributed by atoms with Crippen molar-refractivity contribution in [3.05, 3.63) is 34.5 Å². The Labute approximate surface area is 78.5 Å². The molecule has 0 radical (unpaired) electrons. The SMILES string of the molecule is Nc1cc([N+](=O)[O-])nc2cccnc12. The Morgan fingerprint density at radius 2 is 2.29 bits per heavy atom. The van der Waals surface area contributed by atoms with Crippen molar-refractivity contribution in [3.8, 4) is 0 Å². The van der Waals surface area contributed by atoms with Crippen LogP contribution in [0.2, 0.25) is 0 Å². The molecule has 70 valence electrons. The van der Waals surface area contributed by atoms with E-state index in [0.29, 0.717) is 11.0 Å². The van der Waals surface area contributed by atoms with E-state index in [1.54, 1.807) is 18.3 Å². The van der Waals surface area contributed by atoms with Gasteiger partial charge in [-0.2, -0.15) is 0 Å². The van der Waals surface area contributed by atoms with Crippen LogP contribution >= 0.6 is 0 Å². The highest BCUT2D eigenvalue weighted by molar-refractivity contribution is 5.87. The molecule has 0 spiro atoms. The summed E-state index contributed by atoms with van der Waals surface area (Å²) in [6.07, 6.45) is 1.56. The van der Waals surface area contributed by atoms with Gasteiger partial charge in [0, 0.05) is 6.20 Å². The van der Waals surface area contributed by atoms with E-state index in [1.165, 1.54) is 6.07 Å². The molecule has 0 atom stereocenters. The molecule has 6 heteroatoms. The molecule has 0 aliphatic carbocycles. The van der Waals surface area contributed by atoms with Crippen LogP contribution in [0.4, 0.5) is 11.5 Å². The first kappa shape index (κ1) is 8.36. The third-order valence-corrected chi connectivity index (χ3v) is 1.77. The zero-order chi connectivity index (χ0) is 10.1. The molecule has 2 aromatic heterocycles. The normalized spacial score (nSPS) is 10.3. The van der Waals surface area contributed by atoms with Crippen molar-refractivity contribution in [2.24, 2.45) is 0 Å². The van der Waals surface area contributed by atoms with Gasteiger partial charge in [-0.15, -0.1) is 0 Å². The van der Waals surface area contributed by atoms with Gasteiger partial charge in [-0.3, -0.25) is 4.98 Å². The Balaban J connectivity index is 2.78. The number of hydrogen-bond donors (Lipinski definition) is 1. The van der Waals surface area contributed by atoms with Gasteiger partial charge in [0.2, 0.25) is 5.52 Å². The zero-order valence-electron chi connectivity index (χ0n) is 7.04. The maximum Gasteiger partial charge on any atom is 0.366 e. The third kappa shape index (κ3) is 1.22. The predicted molar refractivity (Wildman–Crippen MR) is 50.6 cm³/mol. The molecule has 2 aromatic rings. The quantitative estimate of drug-likeness (QED) is 0.537. The van der Waals surface area contributed by atoms with Gasteiger partial charge in [-0.25, -0.2) is 0 Å². The maximum absolute atomic E-state index is 10.5. The van der Waals surface area contributed by atoms with Crippen LogP contribution < -0.4 is 5.73 Å². The van der Waals surface area contributed by atoms with E-state index in [-0.39, 0.29) is 11.5 Å². The Bertz CT molecular complexity index is 512. The molecule has 0 aliphatic rings. The first-order chi connectivity index (χ1) is 6.68. The minimum absolute atomic E-state index is 0.261. The van der Waals surface area contributed by atoms with E-state index in [1.807, 2.05) is 0 Å². The number of hydrogen-bond acceptors (Lipinski definition) is 5. The number of rotatable bonds is 1. The van der Waals surface area contributed by atoms with E-state index in [4.69, 9.17) is 5.73 Å². The highest BCUT2D eigenvalue weighted by Gasteiger charge is 2.12. The van der Waals surface area contributed by atoms with Crippen LogP contribution in [0, 0.1) is 10.1 Å². The predicted octanol–water partition coefficient (Wildman–Crippen LogP) is 1.12. The molecule has 0 fully saturated rings. The van der Waals surface area contributed by atoms with Crippen molar-refractivity contribution in [1.82, 2.24) is 9.97 Å². The Hall–Kier alpha value is -2.24. The van der Waals surface area contributed by atoms with E-state index in [9.17, 15) is 10.1 Å². The number of nitrogens with two attached hydrogens (primary N) is 1. The monoisotopic (exact) mass is 190 g/mol. The summed E-state index contributed by atoms with van der Waals surface area (Å²) in [6.45, 7) is 0. The number of pyridine rings is 2. The molecule has 2 rings (SSSR count). The number of aromatic nitrogens is 2. The minimum Gasteiger partial charge on any atom is -0.397 e. The zero-order valence-corrected chi connectivity index (χ0v) is 7.04. The maximum atomic E-state index is 10.5. The van der Waals surface area contributed by atoms with Crippen LogP contribution in [0.3, 0.4) is 0 Å². The molecule has 0 saturated heterocycles. The van der Waals surface area contributed by atoms with Gasteiger partial charge in [-0.05, 0) is 22.0 Å². The molecule has 0 saturated carbocycles. The van der Waals surface area contributed by atoms with Crippen molar-refractivity contribution in [3.63, 3.8) is 0 Å². The molecule has 0 bridgehead atoms. The smallest absolute Gasteiger partial charge is 0.366 e. The molecule has 0 unspecified atom stereocenters.